The summed E-state index contributed by atoms with van der Waals surface area (Å²) < 4.78 is 0. The van der Waals surface area contributed by atoms with Crippen LogP contribution in [0.3, 0.4) is 0 Å². The van der Waals surface area contributed by atoms with Gasteiger partial charge in [-0.05, 0) is 24.7 Å². The molecule has 0 saturated carbocycles. The zero-order valence-electron chi connectivity index (χ0n) is 7.60. The van der Waals surface area contributed by atoms with E-state index in [1.807, 2.05) is 6.07 Å². The Kier molecular flexibility index (Phi) is 3.12. The number of hydrogen-bond acceptors (Lipinski definition) is 3. The zero-order valence-corrected chi connectivity index (χ0v) is 8.41. The van der Waals surface area contributed by atoms with Crippen LogP contribution < -0.4 is 0 Å². The van der Waals surface area contributed by atoms with Crippen LogP contribution in [0.4, 0.5) is 0 Å². The summed E-state index contributed by atoms with van der Waals surface area (Å²) in [4.78, 5) is 14.7. The van der Waals surface area contributed by atoms with E-state index >= 15 is 0 Å². The van der Waals surface area contributed by atoms with E-state index < -0.39 is 11.5 Å². The molecule has 3 nitrogen and oxygen atoms in total. The minimum atomic E-state index is -1.33. The van der Waals surface area contributed by atoms with Crippen molar-refractivity contribution in [2.45, 2.75) is 12.5 Å². The summed E-state index contributed by atoms with van der Waals surface area (Å²) in [5, 5.41) is 11.2. The van der Waals surface area contributed by atoms with Crippen molar-refractivity contribution in [1.29, 1.82) is 0 Å². The Morgan fingerprint density at radius 1 is 1.50 bits per heavy atom. The molecular formula is C10H9NO2S. The first-order chi connectivity index (χ1) is 6.61. The van der Waals surface area contributed by atoms with E-state index in [1.54, 1.807) is 24.3 Å². The van der Waals surface area contributed by atoms with Gasteiger partial charge in [-0.25, -0.2) is 9.79 Å². The van der Waals surface area contributed by atoms with Crippen LogP contribution in [-0.2, 0) is 10.3 Å². The van der Waals surface area contributed by atoms with E-state index in [0.717, 1.165) is 0 Å². The Morgan fingerprint density at radius 3 is 2.50 bits per heavy atom. The molecule has 1 aromatic carbocycles. The second-order valence-corrected chi connectivity index (χ2v) is 3.13. The first-order valence-electron chi connectivity index (χ1n) is 3.99. The van der Waals surface area contributed by atoms with Crippen LogP contribution in [0.1, 0.15) is 12.5 Å². The van der Waals surface area contributed by atoms with Gasteiger partial charge in [0.2, 0.25) is 0 Å². The molecule has 0 saturated heterocycles. The van der Waals surface area contributed by atoms with E-state index in [0.29, 0.717) is 5.56 Å². The van der Waals surface area contributed by atoms with Crippen LogP contribution >= 0.6 is 12.2 Å². The van der Waals surface area contributed by atoms with Crippen molar-refractivity contribution in [3.05, 3.63) is 35.9 Å². The Balaban J connectivity index is 3.26. The predicted octanol–water partition coefficient (Wildman–Crippen LogP) is 2.09. The Hall–Kier alpha value is -1.51. The number of nitrogens with zero attached hydrogens (tertiary/aromatic N) is 1. The largest absolute Gasteiger partial charge is 0.479 e. The number of carboxylic acids is 1. The number of aliphatic carboxylic acids is 1. The standard InChI is InChI=1S/C10H9NO2S/c1-10(9(12)13,11-7-14)8-5-3-2-4-6-8/h2-6H,1H3,(H,12,13)/t10-/m0/s1. The summed E-state index contributed by atoms with van der Waals surface area (Å²) >= 11 is 4.44. The summed E-state index contributed by atoms with van der Waals surface area (Å²) in [6.45, 7) is 1.49. The number of carboxylic acid groups (broad SMARTS) is 1. The summed E-state index contributed by atoms with van der Waals surface area (Å²) in [6.07, 6.45) is 0. The lowest BCUT2D eigenvalue weighted by atomic mass is 9.93. The summed E-state index contributed by atoms with van der Waals surface area (Å²) in [5.74, 6) is -1.04. The van der Waals surface area contributed by atoms with Gasteiger partial charge in [0.15, 0.2) is 5.54 Å². The smallest absolute Gasteiger partial charge is 0.336 e. The lowest BCUT2D eigenvalue weighted by Gasteiger charge is -2.18. The number of hydrogen-bond donors (Lipinski definition) is 1. The van der Waals surface area contributed by atoms with E-state index in [1.165, 1.54) is 6.92 Å². The number of isothiocyanates is 1. The van der Waals surface area contributed by atoms with Crippen LogP contribution in [0.25, 0.3) is 0 Å². The van der Waals surface area contributed by atoms with E-state index in [-0.39, 0.29) is 0 Å². The highest BCUT2D eigenvalue weighted by Crippen LogP contribution is 2.24. The molecular weight excluding hydrogens is 198 g/mol. The molecule has 14 heavy (non-hydrogen) atoms. The van der Waals surface area contributed by atoms with Crippen LogP contribution in [0.5, 0.6) is 0 Å². The third-order valence-corrected chi connectivity index (χ3v) is 2.11. The topological polar surface area (TPSA) is 49.7 Å². The van der Waals surface area contributed by atoms with Gasteiger partial charge in [-0.2, -0.15) is 0 Å². The van der Waals surface area contributed by atoms with Crippen molar-refractivity contribution < 1.29 is 9.90 Å². The van der Waals surface area contributed by atoms with Gasteiger partial charge in [-0.1, -0.05) is 30.3 Å². The molecule has 0 radical (unpaired) electrons. The van der Waals surface area contributed by atoms with Crippen molar-refractivity contribution in [1.82, 2.24) is 0 Å². The van der Waals surface area contributed by atoms with Gasteiger partial charge in [-0.3, -0.25) is 0 Å². The second kappa shape index (κ2) is 4.13. The maximum atomic E-state index is 11.0. The lowest BCUT2D eigenvalue weighted by molar-refractivity contribution is -0.142. The van der Waals surface area contributed by atoms with E-state index in [9.17, 15) is 4.79 Å². The number of carbonyl (C=O) groups is 1. The molecule has 0 aromatic heterocycles. The highest BCUT2D eigenvalue weighted by molar-refractivity contribution is 7.78. The highest BCUT2D eigenvalue weighted by Gasteiger charge is 2.34. The molecule has 1 rings (SSSR count). The van der Waals surface area contributed by atoms with Crippen LogP contribution in [-0.4, -0.2) is 16.2 Å². The zero-order chi connectivity index (χ0) is 10.6. The highest BCUT2D eigenvalue weighted by atomic mass is 32.1. The summed E-state index contributed by atoms with van der Waals surface area (Å²) in [5.41, 5.74) is -0.743. The van der Waals surface area contributed by atoms with Crippen molar-refractivity contribution in [3.8, 4) is 0 Å². The number of benzene rings is 1. The fraction of sp³-hybridized carbons (Fsp3) is 0.200. The molecule has 0 fully saturated rings. The first-order valence-corrected chi connectivity index (χ1v) is 4.40. The Bertz CT molecular complexity index is 380. The number of thiocarbonyl (C=S) groups is 1. The van der Waals surface area contributed by atoms with Crippen molar-refractivity contribution in [2.24, 2.45) is 4.99 Å². The SMILES string of the molecule is C[C@@](N=C=S)(C(=O)O)c1ccccc1. The normalized spacial score (nSPS) is 13.8. The van der Waals surface area contributed by atoms with Crippen LogP contribution in [0.15, 0.2) is 35.3 Å². The average molecular weight is 207 g/mol. The monoisotopic (exact) mass is 207 g/mol. The molecule has 0 aliphatic rings. The Labute approximate surface area is 87.1 Å². The van der Waals surface area contributed by atoms with Crippen LogP contribution in [0.2, 0.25) is 0 Å². The molecule has 1 N–H and O–H groups in total. The second-order valence-electron chi connectivity index (χ2n) is 2.95. The summed E-state index contributed by atoms with van der Waals surface area (Å²) in [7, 11) is 0. The Morgan fingerprint density at radius 2 is 2.07 bits per heavy atom. The van der Waals surface area contributed by atoms with Crippen molar-refractivity contribution in [3.63, 3.8) is 0 Å². The van der Waals surface area contributed by atoms with E-state index in [4.69, 9.17) is 5.11 Å². The van der Waals surface area contributed by atoms with Gasteiger partial charge < -0.3 is 5.11 Å². The van der Waals surface area contributed by atoms with Gasteiger partial charge in [0.05, 0.1) is 5.16 Å². The fourth-order valence-electron chi connectivity index (χ4n) is 1.09. The van der Waals surface area contributed by atoms with Crippen molar-refractivity contribution >= 4 is 23.3 Å². The quantitative estimate of drug-likeness (QED) is 0.610. The fourth-order valence-corrected chi connectivity index (χ4v) is 1.27. The molecule has 72 valence electrons. The number of rotatable bonds is 3. The molecule has 0 bridgehead atoms. The van der Waals surface area contributed by atoms with Gasteiger partial charge in [0.1, 0.15) is 0 Å². The molecule has 0 heterocycles. The van der Waals surface area contributed by atoms with E-state index in [2.05, 4.69) is 22.4 Å². The molecule has 0 amide bonds. The molecule has 1 atom stereocenters. The molecule has 1 aromatic rings. The number of aliphatic imine (C=N–C) groups is 1. The lowest BCUT2D eigenvalue weighted by Crippen LogP contribution is -2.29. The van der Waals surface area contributed by atoms with Gasteiger partial charge in [-0.15, -0.1) is 0 Å². The van der Waals surface area contributed by atoms with Crippen molar-refractivity contribution in [2.75, 3.05) is 0 Å². The maximum Gasteiger partial charge on any atom is 0.336 e. The first kappa shape index (κ1) is 10.6. The summed E-state index contributed by atoms with van der Waals surface area (Å²) in [6, 6.07) is 8.73. The molecule has 0 aliphatic carbocycles. The third-order valence-electron chi connectivity index (χ3n) is 2.02. The predicted molar refractivity (Wildman–Crippen MR) is 56.5 cm³/mol. The molecule has 0 aliphatic heterocycles. The molecule has 0 unspecified atom stereocenters. The van der Waals surface area contributed by atoms with Crippen LogP contribution in [0, 0.1) is 0 Å². The molecule has 4 heteroatoms. The minimum Gasteiger partial charge on any atom is -0.479 e. The van der Waals surface area contributed by atoms with Gasteiger partial charge in [0, 0.05) is 0 Å². The minimum absolute atomic E-state index is 0.588. The maximum absolute atomic E-state index is 11.0. The molecule has 0 spiro atoms. The third kappa shape index (κ3) is 1.87. The average Bonchev–Trinajstić information content (AvgIpc) is 2.19. The van der Waals surface area contributed by atoms with Gasteiger partial charge in [0.25, 0.3) is 0 Å². The van der Waals surface area contributed by atoms with Gasteiger partial charge >= 0.3 is 5.97 Å².